The number of fused-ring (bicyclic) bond motifs is 4. The van der Waals surface area contributed by atoms with Crippen LogP contribution in [0.15, 0.2) is 90.5 Å². The number of aromatic hydroxyl groups is 1. The van der Waals surface area contributed by atoms with E-state index in [1.54, 1.807) is 48.5 Å². The number of phenolic OH excluding ortho intramolecular Hbond substituents is 1. The lowest BCUT2D eigenvalue weighted by atomic mass is 9.51. The molecule has 5 aliphatic rings. The highest BCUT2D eigenvalue weighted by Gasteiger charge is 2.67. The Morgan fingerprint density at radius 2 is 1.39 bits per heavy atom. The van der Waals surface area contributed by atoms with E-state index in [-0.39, 0.29) is 29.4 Å². The standard InChI is InChI=1S/C37H35N3O6/c1-37-30(34(43)40(36(37)45)24-5-3-2-4-6-24)21-29-27(32(37)22-7-13-26(41)14-8-22)15-16-28-31(29)35(44)39(33(28)42)25-11-9-23(10-12-25)38-17-19-46-20-18-38/h2-15,28-32,41H,16-21H2,1H3. The van der Waals surface area contributed by atoms with Crippen molar-refractivity contribution in [2.24, 2.45) is 29.1 Å². The third-order valence-corrected chi connectivity index (χ3v) is 11.0. The zero-order chi connectivity index (χ0) is 31.7. The van der Waals surface area contributed by atoms with E-state index in [0.717, 1.165) is 29.9 Å². The van der Waals surface area contributed by atoms with Gasteiger partial charge in [0.05, 0.1) is 47.8 Å². The molecule has 3 aliphatic heterocycles. The molecule has 9 heteroatoms. The molecule has 6 atom stereocenters. The molecule has 8 rings (SSSR count). The van der Waals surface area contributed by atoms with Crippen LogP contribution >= 0.6 is 0 Å². The summed E-state index contributed by atoms with van der Waals surface area (Å²) in [6, 6.07) is 23.3. The van der Waals surface area contributed by atoms with Gasteiger partial charge < -0.3 is 14.7 Å². The number of nitrogens with zero attached hydrogens (tertiary/aromatic N) is 3. The highest BCUT2D eigenvalue weighted by atomic mass is 16.5. The number of allylic oxidation sites excluding steroid dienone is 2. The van der Waals surface area contributed by atoms with E-state index < -0.39 is 35.0 Å². The number of rotatable bonds is 4. The van der Waals surface area contributed by atoms with Gasteiger partial charge in [-0.3, -0.25) is 24.1 Å². The van der Waals surface area contributed by atoms with Gasteiger partial charge in [-0.1, -0.05) is 42.0 Å². The average Bonchev–Trinajstić information content (AvgIpc) is 3.45. The van der Waals surface area contributed by atoms with Crippen LogP contribution in [0.4, 0.5) is 17.1 Å². The molecular weight excluding hydrogens is 582 g/mol. The number of benzene rings is 3. The number of carbonyl (C=O) groups is 4. The van der Waals surface area contributed by atoms with Crippen molar-refractivity contribution >= 4 is 40.7 Å². The number of para-hydroxylation sites is 1. The van der Waals surface area contributed by atoms with Crippen LogP contribution in [0.3, 0.4) is 0 Å². The normalized spacial score (nSPS) is 30.7. The SMILES string of the molecule is CC12C(=O)N(c3ccccc3)C(=O)C1CC1C(=CCC3C(=O)N(c4ccc(N5CCOCC5)cc4)C(=O)C31)C2c1ccc(O)cc1. The third kappa shape index (κ3) is 4.10. The summed E-state index contributed by atoms with van der Waals surface area (Å²) in [5.41, 5.74) is 2.69. The van der Waals surface area contributed by atoms with Crippen LogP contribution in [0.25, 0.3) is 0 Å². The van der Waals surface area contributed by atoms with E-state index in [2.05, 4.69) is 4.90 Å². The Morgan fingerprint density at radius 1 is 0.739 bits per heavy atom. The van der Waals surface area contributed by atoms with Crippen LogP contribution in [0.1, 0.15) is 31.2 Å². The van der Waals surface area contributed by atoms with Gasteiger partial charge in [0.25, 0.3) is 0 Å². The molecule has 9 nitrogen and oxygen atoms in total. The fraction of sp³-hybridized carbons (Fsp3) is 0.351. The summed E-state index contributed by atoms with van der Waals surface area (Å²) in [5, 5.41) is 10.1. The molecule has 0 bridgehead atoms. The first-order chi connectivity index (χ1) is 22.3. The summed E-state index contributed by atoms with van der Waals surface area (Å²) < 4.78 is 5.47. The van der Waals surface area contributed by atoms with Gasteiger partial charge in [0, 0.05) is 24.7 Å². The Balaban J connectivity index is 1.18. The first kappa shape index (κ1) is 28.7. The predicted molar refractivity (Wildman–Crippen MR) is 171 cm³/mol. The number of carbonyl (C=O) groups excluding carboxylic acids is 4. The number of morpholine rings is 1. The summed E-state index contributed by atoms with van der Waals surface area (Å²) >= 11 is 0. The fourth-order valence-corrected chi connectivity index (χ4v) is 8.77. The number of hydrogen-bond acceptors (Lipinski definition) is 7. The molecule has 3 aromatic rings. The van der Waals surface area contributed by atoms with Crippen molar-refractivity contribution in [3.8, 4) is 5.75 Å². The molecule has 3 heterocycles. The van der Waals surface area contributed by atoms with E-state index >= 15 is 0 Å². The fourth-order valence-electron chi connectivity index (χ4n) is 8.77. The number of anilines is 3. The van der Waals surface area contributed by atoms with Gasteiger partial charge >= 0.3 is 0 Å². The molecule has 0 aromatic heterocycles. The van der Waals surface area contributed by atoms with Crippen molar-refractivity contribution in [3.63, 3.8) is 0 Å². The number of ether oxygens (including phenoxy) is 1. The summed E-state index contributed by atoms with van der Waals surface area (Å²) in [6.07, 6.45) is 2.72. The van der Waals surface area contributed by atoms with Crippen molar-refractivity contribution in [1.29, 1.82) is 0 Å². The summed E-state index contributed by atoms with van der Waals surface area (Å²) in [7, 11) is 0. The lowest BCUT2D eigenvalue weighted by Crippen LogP contribution is -2.48. The summed E-state index contributed by atoms with van der Waals surface area (Å²) in [6.45, 7) is 4.75. The topological polar surface area (TPSA) is 107 Å². The van der Waals surface area contributed by atoms with Crippen molar-refractivity contribution < 1.29 is 29.0 Å². The zero-order valence-corrected chi connectivity index (χ0v) is 25.5. The van der Waals surface area contributed by atoms with Gasteiger partial charge in [0.1, 0.15) is 5.75 Å². The van der Waals surface area contributed by atoms with E-state index in [0.29, 0.717) is 37.4 Å². The number of amides is 4. The third-order valence-electron chi connectivity index (χ3n) is 11.0. The molecule has 46 heavy (non-hydrogen) atoms. The first-order valence-corrected chi connectivity index (χ1v) is 16.0. The van der Waals surface area contributed by atoms with Crippen molar-refractivity contribution in [2.75, 3.05) is 41.0 Å². The molecular formula is C37H35N3O6. The predicted octanol–water partition coefficient (Wildman–Crippen LogP) is 4.66. The Bertz CT molecular complexity index is 1760. The maximum Gasteiger partial charge on any atom is 0.241 e. The largest absolute Gasteiger partial charge is 0.508 e. The molecule has 0 radical (unpaired) electrons. The second kappa shape index (κ2) is 10.7. The minimum Gasteiger partial charge on any atom is -0.508 e. The Hall–Kier alpha value is -4.76. The quantitative estimate of drug-likeness (QED) is 0.335. The van der Waals surface area contributed by atoms with Crippen LogP contribution < -0.4 is 14.7 Å². The molecule has 1 saturated carbocycles. The lowest BCUT2D eigenvalue weighted by molar-refractivity contribution is -0.131. The Labute approximate surface area is 267 Å². The molecule has 234 valence electrons. The monoisotopic (exact) mass is 617 g/mol. The molecule has 3 saturated heterocycles. The van der Waals surface area contributed by atoms with Crippen LogP contribution in [-0.2, 0) is 23.9 Å². The van der Waals surface area contributed by atoms with Gasteiger partial charge in [0.2, 0.25) is 23.6 Å². The van der Waals surface area contributed by atoms with Crippen molar-refractivity contribution in [3.05, 3.63) is 96.1 Å². The highest BCUT2D eigenvalue weighted by molar-refractivity contribution is 6.25. The van der Waals surface area contributed by atoms with Gasteiger partial charge in [-0.15, -0.1) is 0 Å². The van der Waals surface area contributed by atoms with Gasteiger partial charge in [0.15, 0.2) is 0 Å². The van der Waals surface area contributed by atoms with Crippen LogP contribution in [0.2, 0.25) is 0 Å². The number of hydrogen-bond donors (Lipinski definition) is 1. The van der Waals surface area contributed by atoms with Gasteiger partial charge in [-0.2, -0.15) is 0 Å². The highest BCUT2D eigenvalue weighted by Crippen LogP contribution is 2.63. The van der Waals surface area contributed by atoms with Gasteiger partial charge in [-0.25, -0.2) is 4.90 Å². The molecule has 2 aliphatic carbocycles. The lowest BCUT2D eigenvalue weighted by Gasteiger charge is -2.49. The van der Waals surface area contributed by atoms with Crippen molar-refractivity contribution in [1.82, 2.24) is 0 Å². The number of imide groups is 2. The minimum atomic E-state index is -1.11. The minimum absolute atomic E-state index is 0.0992. The van der Waals surface area contributed by atoms with Crippen LogP contribution in [0.5, 0.6) is 5.75 Å². The molecule has 1 N–H and O–H groups in total. The molecule has 4 amide bonds. The smallest absolute Gasteiger partial charge is 0.241 e. The van der Waals surface area contributed by atoms with Gasteiger partial charge in [-0.05, 0) is 79.8 Å². The van der Waals surface area contributed by atoms with E-state index in [4.69, 9.17) is 4.74 Å². The van der Waals surface area contributed by atoms with Crippen LogP contribution in [0, 0.1) is 29.1 Å². The molecule has 4 fully saturated rings. The summed E-state index contributed by atoms with van der Waals surface area (Å²) in [5.74, 6) is -3.70. The second-order valence-corrected chi connectivity index (χ2v) is 13.2. The molecule has 6 unspecified atom stereocenters. The Kier molecular flexibility index (Phi) is 6.65. The maximum atomic E-state index is 14.4. The average molecular weight is 618 g/mol. The van der Waals surface area contributed by atoms with E-state index in [1.807, 2.05) is 43.3 Å². The molecule has 0 spiro atoms. The maximum absolute atomic E-state index is 14.4. The van der Waals surface area contributed by atoms with E-state index in [1.165, 1.54) is 9.80 Å². The second-order valence-electron chi connectivity index (χ2n) is 13.2. The first-order valence-electron chi connectivity index (χ1n) is 16.0. The van der Waals surface area contributed by atoms with Crippen molar-refractivity contribution in [2.45, 2.75) is 25.7 Å². The van der Waals surface area contributed by atoms with Crippen LogP contribution in [-0.4, -0.2) is 55.0 Å². The zero-order valence-electron chi connectivity index (χ0n) is 25.5. The number of phenols is 1. The van der Waals surface area contributed by atoms with E-state index in [9.17, 15) is 24.3 Å². The Morgan fingerprint density at radius 3 is 2.09 bits per heavy atom. The molecule has 3 aromatic carbocycles. The summed E-state index contributed by atoms with van der Waals surface area (Å²) in [4.78, 5) is 61.8.